The van der Waals surface area contributed by atoms with Gasteiger partial charge in [-0.2, -0.15) is 0 Å². The fraction of sp³-hybridized carbons (Fsp3) is 0. The Morgan fingerprint density at radius 2 is 1.00 bits per heavy atom. The lowest BCUT2D eigenvalue weighted by molar-refractivity contribution is 0.670. The summed E-state index contributed by atoms with van der Waals surface area (Å²) in [5, 5.41) is 5.93. The summed E-state index contributed by atoms with van der Waals surface area (Å²) in [6.07, 6.45) is 0. The van der Waals surface area contributed by atoms with E-state index in [1.54, 1.807) is 0 Å². The van der Waals surface area contributed by atoms with Crippen LogP contribution in [0.1, 0.15) is 0 Å². The molecule has 0 unspecified atom stereocenters. The average molecular weight is 784 g/mol. The number of hydrogen-bond donors (Lipinski definition) is 0. The van der Waals surface area contributed by atoms with E-state index in [0.29, 0.717) is 5.82 Å². The van der Waals surface area contributed by atoms with Crippen molar-refractivity contribution in [2.45, 2.75) is 0 Å². The number of furan rings is 1. The molecule has 0 bridgehead atoms. The molecule has 0 saturated carbocycles. The van der Waals surface area contributed by atoms with Crippen LogP contribution in [0.4, 0.5) is 0 Å². The van der Waals surface area contributed by atoms with Crippen molar-refractivity contribution in [2.24, 2.45) is 0 Å². The molecule has 0 atom stereocenters. The van der Waals surface area contributed by atoms with Crippen LogP contribution in [-0.2, 0) is 0 Å². The molecule has 0 aliphatic heterocycles. The van der Waals surface area contributed by atoms with Crippen LogP contribution in [0.3, 0.4) is 0 Å². The normalized spacial score (nSPS) is 11.7. The summed E-state index contributed by atoms with van der Waals surface area (Å²) >= 11 is 1.81. The monoisotopic (exact) mass is 783 g/mol. The fourth-order valence-electron chi connectivity index (χ4n) is 8.66. The highest BCUT2D eigenvalue weighted by atomic mass is 32.1. The third-order valence-corrected chi connectivity index (χ3v) is 12.7. The first-order chi connectivity index (χ1) is 29.7. The zero-order valence-corrected chi connectivity index (χ0v) is 33.0. The molecule has 4 nitrogen and oxygen atoms in total. The van der Waals surface area contributed by atoms with Crippen LogP contribution in [0.15, 0.2) is 205 Å². The molecule has 60 heavy (non-hydrogen) atoms. The maximum absolute atomic E-state index is 6.43. The minimum Gasteiger partial charge on any atom is -0.455 e. The lowest BCUT2D eigenvalue weighted by Gasteiger charge is -2.13. The molecule has 4 aromatic heterocycles. The van der Waals surface area contributed by atoms with E-state index < -0.39 is 0 Å². The molecule has 0 aliphatic rings. The first kappa shape index (κ1) is 34.3. The molecule has 4 heterocycles. The minimum atomic E-state index is 0.675. The zero-order valence-electron chi connectivity index (χ0n) is 32.2. The number of hydrogen-bond acceptors (Lipinski definition) is 5. The van der Waals surface area contributed by atoms with Gasteiger partial charge in [-0.1, -0.05) is 170 Å². The summed E-state index contributed by atoms with van der Waals surface area (Å²) in [6.45, 7) is 0. The fourth-order valence-corrected chi connectivity index (χ4v) is 9.88. The molecular formula is C55H33N3OS. The molecule has 12 rings (SSSR count). The molecule has 8 aromatic carbocycles. The summed E-state index contributed by atoms with van der Waals surface area (Å²) in [5.74, 6) is 0.675. The van der Waals surface area contributed by atoms with Crippen LogP contribution in [0.5, 0.6) is 0 Å². The van der Waals surface area contributed by atoms with Gasteiger partial charge in [0.25, 0.3) is 0 Å². The van der Waals surface area contributed by atoms with Gasteiger partial charge in [0.15, 0.2) is 5.82 Å². The summed E-state index contributed by atoms with van der Waals surface area (Å²) in [6, 6.07) is 70.0. The summed E-state index contributed by atoms with van der Waals surface area (Å²) in [5.41, 5.74) is 14.0. The topological polar surface area (TPSA) is 51.8 Å². The van der Waals surface area contributed by atoms with Crippen molar-refractivity contribution in [3.05, 3.63) is 200 Å². The van der Waals surface area contributed by atoms with Crippen LogP contribution in [-0.4, -0.2) is 15.0 Å². The number of fused-ring (bicyclic) bond motifs is 8. The van der Waals surface area contributed by atoms with Crippen LogP contribution in [0.2, 0.25) is 0 Å². The number of aromatic nitrogens is 3. The maximum atomic E-state index is 6.43. The van der Waals surface area contributed by atoms with Crippen LogP contribution < -0.4 is 0 Å². The van der Waals surface area contributed by atoms with Gasteiger partial charge in [-0.05, 0) is 47.0 Å². The van der Waals surface area contributed by atoms with Crippen LogP contribution in [0.25, 0.3) is 120 Å². The second-order valence-electron chi connectivity index (χ2n) is 15.1. The first-order valence-electron chi connectivity index (χ1n) is 20.1. The third-order valence-electron chi connectivity index (χ3n) is 11.5. The molecule has 0 aliphatic carbocycles. The number of thiophene rings is 1. The molecule has 0 N–H and O–H groups in total. The van der Waals surface area contributed by atoms with Gasteiger partial charge in [-0.15, -0.1) is 11.3 Å². The minimum absolute atomic E-state index is 0.675. The van der Waals surface area contributed by atoms with Crippen molar-refractivity contribution in [3.8, 4) is 67.4 Å². The Labute approximate surface area is 349 Å². The van der Waals surface area contributed by atoms with E-state index in [1.807, 2.05) is 41.7 Å². The molecule has 5 heteroatoms. The van der Waals surface area contributed by atoms with Crippen molar-refractivity contribution >= 4 is 64.4 Å². The lowest BCUT2D eigenvalue weighted by atomic mass is 9.95. The van der Waals surface area contributed by atoms with Gasteiger partial charge in [-0.3, -0.25) is 0 Å². The summed E-state index contributed by atoms with van der Waals surface area (Å²) in [4.78, 5) is 15.7. The van der Waals surface area contributed by atoms with Gasteiger partial charge in [0.1, 0.15) is 11.2 Å². The SMILES string of the molecule is c1ccc(-c2nc(-c3ccc(-c4nc5cccc(-c6ccccc6)c5c5c4sc4ccccc45)cc3)cc(-c3cccc(-c4cccc5c4oc4ccccc45)c3)n2)cc1. The second-order valence-corrected chi connectivity index (χ2v) is 16.1. The standard InChI is InChI=1S/C55H33N3OS/c1-3-14-34(15-4-1)40-22-13-25-45-50(40)51-44-21-8-10-27-49(44)60-54(51)52(56-45)36-30-28-35(29-31-36)46-33-47(58-55(57-46)37-16-5-2-6-17-37)39-19-11-18-38(32-39)41-23-12-24-43-42-20-7-9-26-48(42)59-53(41)43/h1-33H. The molecule has 12 aromatic rings. The predicted octanol–water partition coefficient (Wildman–Crippen LogP) is 15.3. The van der Waals surface area contributed by atoms with E-state index in [0.717, 1.165) is 77.9 Å². The Hall–Kier alpha value is -7.73. The van der Waals surface area contributed by atoms with Crippen molar-refractivity contribution < 1.29 is 4.42 Å². The van der Waals surface area contributed by atoms with E-state index in [9.17, 15) is 0 Å². The number of rotatable bonds is 6. The molecule has 0 fully saturated rings. The molecule has 0 saturated heterocycles. The van der Waals surface area contributed by atoms with E-state index in [2.05, 4.69) is 170 Å². The Morgan fingerprint density at radius 1 is 0.383 bits per heavy atom. The number of para-hydroxylation sites is 2. The second kappa shape index (κ2) is 14.0. The highest BCUT2D eigenvalue weighted by molar-refractivity contribution is 7.26. The first-order valence-corrected chi connectivity index (χ1v) is 20.9. The van der Waals surface area contributed by atoms with Crippen molar-refractivity contribution in [1.29, 1.82) is 0 Å². The van der Waals surface area contributed by atoms with Crippen molar-refractivity contribution in [2.75, 3.05) is 0 Å². The van der Waals surface area contributed by atoms with Gasteiger partial charge in [0, 0.05) is 59.4 Å². The smallest absolute Gasteiger partial charge is 0.160 e. The van der Waals surface area contributed by atoms with Gasteiger partial charge >= 0.3 is 0 Å². The summed E-state index contributed by atoms with van der Waals surface area (Å²) < 4.78 is 8.87. The van der Waals surface area contributed by atoms with Crippen LogP contribution >= 0.6 is 11.3 Å². The van der Waals surface area contributed by atoms with Crippen molar-refractivity contribution in [1.82, 2.24) is 15.0 Å². The van der Waals surface area contributed by atoms with Crippen LogP contribution in [0, 0.1) is 0 Å². The molecule has 0 radical (unpaired) electrons. The largest absolute Gasteiger partial charge is 0.455 e. The van der Waals surface area contributed by atoms with E-state index in [4.69, 9.17) is 19.4 Å². The average Bonchev–Trinajstić information content (AvgIpc) is 3.91. The maximum Gasteiger partial charge on any atom is 0.160 e. The Kier molecular flexibility index (Phi) is 8.00. The highest BCUT2D eigenvalue weighted by Gasteiger charge is 2.20. The lowest BCUT2D eigenvalue weighted by Crippen LogP contribution is -1.96. The Bertz CT molecular complexity index is 3590. The van der Waals surface area contributed by atoms with E-state index in [-0.39, 0.29) is 0 Å². The van der Waals surface area contributed by atoms with Crippen molar-refractivity contribution in [3.63, 3.8) is 0 Å². The van der Waals surface area contributed by atoms with E-state index >= 15 is 0 Å². The third kappa shape index (κ3) is 5.70. The van der Waals surface area contributed by atoms with Gasteiger partial charge in [-0.25, -0.2) is 15.0 Å². The Balaban J connectivity index is 0.985. The number of pyridine rings is 1. The van der Waals surface area contributed by atoms with Gasteiger partial charge in [0.2, 0.25) is 0 Å². The zero-order chi connectivity index (χ0) is 39.6. The molecule has 0 amide bonds. The van der Waals surface area contributed by atoms with Gasteiger partial charge in [0.05, 0.1) is 27.3 Å². The van der Waals surface area contributed by atoms with Gasteiger partial charge < -0.3 is 4.42 Å². The van der Waals surface area contributed by atoms with E-state index in [1.165, 1.54) is 36.7 Å². The Morgan fingerprint density at radius 3 is 1.83 bits per heavy atom. The predicted molar refractivity (Wildman–Crippen MR) is 250 cm³/mol. The highest BCUT2D eigenvalue weighted by Crippen LogP contribution is 2.46. The quantitative estimate of drug-likeness (QED) is 0.169. The summed E-state index contributed by atoms with van der Waals surface area (Å²) in [7, 11) is 0. The number of nitrogens with zero attached hydrogens (tertiary/aromatic N) is 3. The number of benzene rings is 8. The molecule has 280 valence electrons. The molecule has 0 spiro atoms. The molecular weight excluding hydrogens is 751 g/mol.